The first-order chi connectivity index (χ1) is 16.4. The second-order valence-electron chi connectivity index (χ2n) is 8.43. The van der Waals surface area contributed by atoms with Crippen molar-refractivity contribution < 1.29 is 18.8 Å². The molecule has 34 heavy (non-hydrogen) atoms. The molecule has 0 radical (unpaired) electrons. The normalized spacial score (nSPS) is 16.0. The van der Waals surface area contributed by atoms with Crippen LogP contribution in [0.2, 0.25) is 0 Å². The van der Waals surface area contributed by atoms with E-state index < -0.39 is 10.7 Å². The van der Waals surface area contributed by atoms with Gasteiger partial charge in [-0.15, -0.1) is 0 Å². The molecule has 0 amide bonds. The number of aryl methyl sites for hydroxylation is 2. The lowest BCUT2D eigenvalue weighted by Gasteiger charge is -2.23. The Morgan fingerprint density at radius 1 is 1.12 bits per heavy atom. The van der Waals surface area contributed by atoms with Gasteiger partial charge >= 0.3 is 0 Å². The van der Waals surface area contributed by atoms with Crippen LogP contribution < -0.4 is 4.74 Å². The number of nitro benzene ring substituents is 1. The Bertz CT molecular complexity index is 1380. The van der Waals surface area contributed by atoms with Crippen molar-refractivity contribution >= 4 is 16.6 Å². The second kappa shape index (κ2) is 8.83. The Labute approximate surface area is 195 Å². The highest BCUT2D eigenvalue weighted by Gasteiger charge is 2.21. The fourth-order valence-corrected chi connectivity index (χ4v) is 4.32. The van der Waals surface area contributed by atoms with Gasteiger partial charge in [-0.05, 0) is 69.0 Å². The summed E-state index contributed by atoms with van der Waals surface area (Å²) in [5, 5.41) is 16.4. The Morgan fingerprint density at radius 3 is 2.59 bits per heavy atom. The summed E-state index contributed by atoms with van der Waals surface area (Å²) in [4.78, 5) is 14.8. The van der Waals surface area contributed by atoms with Crippen LogP contribution in [-0.2, 0) is 4.74 Å². The number of non-ortho nitro benzene ring substituents is 1. The summed E-state index contributed by atoms with van der Waals surface area (Å²) in [6.45, 7) is 4.51. The topological polar surface area (TPSA) is 92.3 Å². The van der Waals surface area contributed by atoms with Crippen LogP contribution in [0, 0.1) is 29.8 Å². The smallest absolute Gasteiger partial charge is 0.272 e. The monoisotopic (exact) mass is 462 g/mol. The number of hydrogen-bond donors (Lipinski definition) is 0. The number of hydrogen-bond acceptors (Lipinski definition) is 6. The molecule has 174 valence electrons. The van der Waals surface area contributed by atoms with Gasteiger partial charge in [0.05, 0.1) is 22.7 Å². The van der Waals surface area contributed by atoms with Gasteiger partial charge in [0.1, 0.15) is 5.75 Å². The third-order valence-corrected chi connectivity index (χ3v) is 5.86. The van der Waals surface area contributed by atoms with Crippen LogP contribution in [0.15, 0.2) is 48.7 Å². The highest BCUT2D eigenvalue weighted by atomic mass is 19.1. The summed E-state index contributed by atoms with van der Waals surface area (Å²) < 4.78 is 28.5. The number of halogens is 1. The number of fused-ring (bicyclic) bond motifs is 1. The van der Waals surface area contributed by atoms with Crippen molar-refractivity contribution in [3.05, 3.63) is 76.0 Å². The van der Waals surface area contributed by atoms with Crippen molar-refractivity contribution in [1.29, 1.82) is 0 Å². The molecule has 8 nitrogen and oxygen atoms in total. The first kappa shape index (κ1) is 22.0. The van der Waals surface area contributed by atoms with Crippen LogP contribution in [0.5, 0.6) is 11.5 Å². The van der Waals surface area contributed by atoms with E-state index in [1.807, 2.05) is 42.8 Å². The van der Waals surface area contributed by atoms with Gasteiger partial charge in [0.25, 0.3) is 5.69 Å². The molecule has 9 heteroatoms. The van der Waals surface area contributed by atoms with E-state index in [0.29, 0.717) is 12.4 Å². The molecule has 1 saturated heterocycles. The number of pyridine rings is 1. The molecular formula is C25H23FN4O4. The number of rotatable bonds is 5. The fourth-order valence-electron chi connectivity index (χ4n) is 4.32. The first-order valence-corrected chi connectivity index (χ1v) is 11.1. The van der Waals surface area contributed by atoms with E-state index in [4.69, 9.17) is 9.47 Å². The minimum Gasteiger partial charge on any atom is -0.454 e. The number of aromatic nitrogens is 3. The molecule has 0 saturated carbocycles. The van der Waals surface area contributed by atoms with Crippen molar-refractivity contribution in [3.8, 4) is 22.6 Å². The zero-order valence-electron chi connectivity index (χ0n) is 18.8. The van der Waals surface area contributed by atoms with Gasteiger partial charge in [0.2, 0.25) is 0 Å². The van der Waals surface area contributed by atoms with Gasteiger partial charge < -0.3 is 9.47 Å². The van der Waals surface area contributed by atoms with Crippen LogP contribution in [0.1, 0.15) is 36.9 Å². The molecule has 1 aliphatic rings. The lowest BCUT2D eigenvalue weighted by atomic mass is 10.0. The molecule has 1 unspecified atom stereocenters. The summed E-state index contributed by atoms with van der Waals surface area (Å²) >= 11 is 0. The van der Waals surface area contributed by atoms with Gasteiger partial charge in [-0.1, -0.05) is 0 Å². The molecule has 1 aliphatic heterocycles. The predicted molar refractivity (Wildman–Crippen MR) is 124 cm³/mol. The molecule has 0 bridgehead atoms. The lowest BCUT2D eigenvalue weighted by molar-refractivity contribution is -0.385. The Kier molecular flexibility index (Phi) is 5.70. The number of nitro groups is 1. The zero-order valence-corrected chi connectivity index (χ0v) is 18.8. The van der Waals surface area contributed by atoms with Crippen LogP contribution in [0.25, 0.3) is 22.0 Å². The van der Waals surface area contributed by atoms with Crippen LogP contribution in [0.4, 0.5) is 10.1 Å². The third kappa shape index (κ3) is 4.22. The van der Waals surface area contributed by atoms with Crippen molar-refractivity contribution in [2.45, 2.75) is 39.3 Å². The molecule has 0 aliphatic carbocycles. The fraction of sp³-hybridized carbons (Fsp3) is 0.280. The van der Waals surface area contributed by atoms with Gasteiger partial charge in [-0.3, -0.25) is 15.1 Å². The number of nitrogens with zero attached hydrogens (tertiary/aromatic N) is 4. The van der Waals surface area contributed by atoms with Crippen molar-refractivity contribution in [1.82, 2.24) is 14.8 Å². The Balaban J connectivity index is 1.64. The molecule has 0 N–H and O–H groups in total. The number of ether oxygens (including phenoxy) is 2. The predicted octanol–water partition coefficient (Wildman–Crippen LogP) is 6.25. The van der Waals surface area contributed by atoms with Crippen LogP contribution in [0.3, 0.4) is 0 Å². The SMILES string of the molecule is Cc1cc(-c2cc3c(cnn3C3CCCCO3)cc2Oc2ccc([N+](=O)[O-])cc2F)cc(C)n1. The molecule has 2 aromatic heterocycles. The van der Waals surface area contributed by atoms with E-state index >= 15 is 0 Å². The standard InChI is InChI=1S/C25H23FN4O4/c1-15-9-17(10-16(2)28-15)20-13-22-18(14-27-29(22)25-5-3-4-8-33-25)11-24(20)34-23-7-6-19(30(31)32)12-21(23)26/h6-7,9-14,25H,3-5,8H2,1-2H3. The van der Waals surface area contributed by atoms with Gasteiger partial charge in [-0.25, -0.2) is 9.07 Å². The summed E-state index contributed by atoms with van der Waals surface area (Å²) in [7, 11) is 0. The van der Waals surface area contributed by atoms with E-state index in [1.165, 1.54) is 12.1 Å². The van der Waals surface area contributed by atoms with E-state index in [2.05, 4.69) is 10.1 Å². The highest BCUT2D eigenvalue weighted by Crippen LogP contribution is 2.39. The Morgan fingerprint density at radius 2 is 1.91 bits per heavy atom. The summed E-state index contributed by atoms with van der Waals surface area (Å²) in [6.07, 6.45) is 4.58. The van der Waals surface area contributed by atoms with Gasteiger partial charge in [0.15, 0.2) is 17.8 Å². The minimum absolute atomic E-state index is 0.100. The van der Waals surface area contributed by atoms with E-state index in [1.54, 1.807) is 6.20 Å². The van der Waals surface area contributed by atoms with Crippen LogP contribution >= 0.6 is 0 Å². The molecule has 3 heterocycles. The molecule has 0 spiro atoms. The molecule has 1 fully saturated rings. The summed E-state index contributed by atoms with van der Waals surface area (Å²) in [6, 6.07) is 11.0. The quantitative estimate of drug-likeness (QED) is 0.257. The lowest BCUT2D eigenvalue weighted by Crippen LogP contribution is -2.18. The largest absolute Gasteiger partial charge is 0.454 e. The average molecular weight is 462 g/mol. The van der Waals surface area contributed by atoms with E-state index in [9.17, 15) is 14.5 Å². The van der Waals surface area contributed by atoms with Crippen molar-refractivity contribution in [3.63, 3.8) is 0 Å². The first-order valence-electron chi connectivity index (χ1n) is 11.1. The van der Waals surface area contributed by atoms with E-state index in [0.717, 1.165) is 58.7 Å². The maximum absolute atomic E-state index is 14.6. The van der Waals surface area contributed by atoms with Crippen molar-refractivity contribution in [2.75, 3.05) is 6.61 Å². The number of benzene rings is 2. The highest BCUT2D eigenvalue weighted by molar-refractivity contribution is 5.88. The van der Waals surface area contributed by atoms with E-state index in [-0.39, 0.29) is 17.7 Å². The molecule has 5 rings (SSSR count). The summed E-state index contributed by atoms with van der Waals surface area (Å²) in [5.74, 6) is -0.500. The molecule has 1 atom stereocenters. The third-order valence-electron chi connectivity index (χ3n) is 5.86. The molecular weight excluding hydrogens is 439 g/mol. The van der Waals surface area contributed by atoms with Crippen LogP contribution in [-0.4, -0.2) is 26.3 Å². The maximum atomic E-state index is 14.6. The molecule has 2 aromatic carbocycles. The van der Waals surface area contributed by atoms with Gasteiger partial charge in [-0.2, -0.15) is 5.10 Å². The Hall–Kier alpha value is -3.85. The summed E-state index contributed by atoms with van der Waals surface area (Å²) in [5.41, 5.74) is 3.82. The maximum Gasteiger partial charge on any atom is 0.272 e. The van der Waals surface area contributed by atoms with Gasteiger partial charge in [0, 0.05) is 35.0 Å². The van der Waals surface area contributed by atoms with Crippen molar-refractivity contribution in [2.24, 2.45) is 0 Å². The second-order valence-corrected chi connectivity index (χ2v) is 8.43. The zero-order chi connectivity index (χ0) is 23.8. The molecule has 4 aromatic rings. The average Bonchev–Trinajstić information content (AvgIpc) is 3.22. The minimum atomic E-state index is -0.811.